The van der Waals surface area contributed by atoms with Crippen LogP contribution in [0.25, 0.3) is 10.1 Å². The maximum Gasteiger partial charge on any atom is 0.126 e. The smallest absolute Gasteiger partial charge is 0.126 e. The highest BCUT2D eigenvalue weighted by atomic mass is 32.1. The molecule has 86 valence electrons. The molecule has 0 aliphatic carbocycles. The van der Waals surface area contributed by atoms with Crippen molar-refractivity contribution in [1.82, 2.24) is 5.43 Å². The largest absolute Gasteiger partial charge is 0.467 e. The van der Waals surface area contributed by atoms with E-state index in [9.17, 15) is 0 Å². The number of nitrogens with one attached hydrogen (secondary N) is 1. The summed E-state index contributed by atoms with van der Waals surface area (Å²) < 4.78 is 6.67. The lowest BCUT2D eigenvalue weighted by molar-refractivity contribution is 0.453. The topological polar surface area (TPSA) is 51.2 Å². The molecule has 0 aliphatic heterocycles. The van der Waals surface area contributed by atoms with Crippen molar-refractivity contribution < 1.29 is 4.42 Å². The molecule has 1 unspecified atom stereocenters. The van der Waals surface area contributed by atoms with Crippen molar-refractivity contribution in [3.63, 3.8) is 0 Å². The zero-order valence-corrected chi connectivity index (χ0v) is 9.91. The molecule has 0 aliphatic rings. The molecule has 2 heterocycles. The van der Waals surface area contributed by atoms with Gasteiger partial charge in [0.05, 0.1) is 6.26 Å². The van der Waals surface area contributed by atoms with E-state index in [0.717, 1.165) is 11.3 Å². The Morgan fingerprint density at radius 2 is 2.12 bits per heavy atom. The number of nitrogens with two attached hydrogens (primary N) is 1. The highest BCUT2D eigenvalue weighted by Gasteiger charge is 2.17. The first-order chi connectivity index (χ1) is 8.40. The lowest BCUT2D eigenvalue weighted by Crippen LogP contribution is -2.28. The lowest BCUT2D eigenvalue weighted by Gasteiger charge is -2.14. The minimum atomic E-state index is -0.104. The predicted molar refractivity (Wildman–Crippen MR) is 69.7 cm³/mol. The molecule has 0 bridgehead atoms. The Balaban J connectivity index is 2.16. The Labute approximate surface area is 103 Å². The van der Waals surface area contributed by atoms with Crippen LogP contribution in [-0.2, 0) is 0 Å². The molecule has 3 N–H and O–H groups in total. The van der Waals surface area contributed by atoms with Crippen molar-refractivity contribution in [2.75, 3.05) is 0 Å². The summed E-state index contributed by atoms with van der Waals surface area (Å²) in [4.78, 5) is 0. The van der Waals surface area contributed by atoms with E-state index in [1.165, 1.54) is 10.1 Å². The van der Waals surface area contributed by atoms with Crippen LogP contribution < -0.4 is 11.3 Å². The van der Waals surface area contributed by atoms with E-state index < -0.39 is 0 Å². The maximum atomic E-state index is 5.65. The molecular formula is C13H12N2OS. The van der Waals surface area contributed by atoms with Crippen LogP contribution in [0.5, 0.6) is 0 Å². The number of thiophene rings is 1. The van der Waals surface area contributed by atoms with Crippen LogP contribution in [0.2, 0.25) is 0 Å². The van der Waals surface area contributed by atoms with Gasteiger partial charge in [-0.1, -0.05) is 18.2 Å². The molecule has 3 nitrogen and oxygen atoms in total. The first-order valence-electron chi connectivity index (χ1n) is 5.36. The predicted octanol–water partition coefficient (Wildman–Crippen LogP) is 3.05. The molecule has 0 amide bonds. The second-order valence-electron chi connectivity index (χ2n) is 3.80. The Morgan fingerprint density at radius 3 is 2.88 bits per heavy atom. The quantitative estimate of drug-likeness (QED) is 0.550. The minimum Gasteiger partial charge on any atom is -0.467 e. The summed E-state index contributed by atoms with van der Waals surface area (Å²) >= 11 is 1.72. The third-order valence-corrected chi connectivity index (χ3v) is 3.79. The molecule has 4 heteroatoms. The fraction of sp³-hybridized carbons (Fsp3) is 0.0769. The molecule has 1 aromatic carbocycles. The van der Waals surface area contributed by atoms with Gasteiger partial charge in [-0.3, -0.25) is 5.84 Å². The zero-order valence-electron chi connectivity index (χ0n) is 9.09. The average Bonchev–Trinajstić information content (AvgIpc) is 3.00. The van der Waals surface area contributed by atoms with Gasteiger partial charge in [0.2, 0.25) is 0 Å². The van der Waals surface area contributed by atoms with Crippen molar-refractivity contribution in [3.05, 3.63) is 59.4 Å². The van der Waals surface area contributed by atoms with Gasteiger partial charge in [0.1, 0.15) is 11.8 Å². The van der Waals surface area contributed by atoms with Crippen LogP contribution >= 0.6 is 11.3 Å². The standard InChI is InChI=1S/C13H12N2OS/c14-15-12(11-5-2-7-16-11)10-4-1-3-9-6-8-17-13(9)10/h1-8,12,15H,14H2. The summed E-state index contributed by atoms with van der Waals surface area (Å²) in [6, 6.07) is 12.0. The number of benzene rings is 1. The molecule has 2 aromatic heterocycles. The van der Waals surface area contributed by atoms with E-state index in [4.69, 9.17) is 10.3 Å². The van der Waals surface area contributed by atoms with E-state index in [-0.39, 0.29) is 6.04 Å². The molecule has 3 rings (SSSR count). The third kappa shape index (κ3) is 1.76. The van der Waals surface area contributed by atoms with Crippen LogP contribution in [0.4, 0.5) is 0 Å². The first kappa shape index (κ1) is 10.5. The monoisotopic (exact) mass is 244 g/mol. The molecule has 0 saturated carbocycles. The minimum absolute atomic E-state index is 0.104. The Morgan fingerprint density at radius 1 is 1.18 bits per heavy atom. The van der Waals surface area contributed by atoms with E-state index in [0.29, 0.717) is 0 Å². The number of rotatable bonds is 3. The van der Waals surface area contributed by atoms with Gasteiger partial charge >= 0.3 is 0 Å². The van der Waals surface area contributed by atoms with Gasteiger partial charge in [0.25, 0.3) is 0 Å². The fourth-order valence-electron chi connectivity index (χ4n) is 2.02. The molecule has 0 fully saturated rings. The molecular weight excluding hydrogens is 232 g/mol. The van der Waals surface area contributed by atoms with Gasteiger partial charge in [0.15, 0.2) is 0 Å². The molecule has 17 heavy (non-hydrogen) atoms. The SMILES string of the molecule is NNC(c1ccco1)c1cccc2ccsc12. The van der Waals surface area contributed by atoms with Gasteiger partial charge < -0.3 is 4.42 Å². The van der Waals surface area contributed by atoms with E-state index >= 15 is 0 Å². The average molecular weight is 244 g/mol. The van der Waals surface area contributed by atoms with Crippen LogP contribution in [0.3, 0.4) is 0 Å². The van der Waals surface area contributed by atoms with Gasteiger partial charge in [-0.2, -0.15) is 0 Å². The summed E-state index contributed by atoms with van der Waals surface area (Å²) in [7, 11) is 0. The highest BCUT2D eigenvalue weighted by molar-refractivity contribution is 7.17. The first-order valence-corrected chi connectivity index (χ1v) is 6.24. The number of furan rings is 1. The summed E-state index contributed by atoms with van der Waals surface area (Å²) in [6.07, 6.45) is 1.66. The van der Waals surface area contributed by atoms with Crippen molar-refractivity contribution in [3.8, 4) is 0 Å². The van der Waals surface area contributed by atoms with E-state index in [1.807, 2.05) is 18.2 Å². The van der Waals surface area contributed by atoms with Crippen LogP contribution in [0.15, 0.2) is 52.5 Å². The second-order valence-corrected chi connectivity index (χ2v) is 4.72. The molecule has 0 radical (unpaired) electrons. The second kappa shape index (κ2) is 4.33. The number of hydrazine groups is 1. The van der Waals surface area contributed by atoms with Crippen molar-refractivity contribution in [1.29, 1.82) is 0 Å². The molecule has 1 atom stereocenters. The van der Waals surface area contributed by atoms with Gasteiger partial charge in [0, 0.05) is 4.70 Å². The van der Waals surface area contributed by atoms with Gasteiger partial charge in [-0.05, 0) is 34.5 Å². The van der Waals surface area contributed by atoms with Gasteiger partial charge in [-0.15, -0.1) is 11.3 Å². The fourth-order valence-corrected chi connectivity index (χ4v) is 2.97. The Kier molecular flexibility index (Phi) is 2.68. The molecule has 0 saturated heterocycles. The number of hydrogen-bond donors (Lipinski definition) is 2. The highest BCUT2D eigenvalue weighted by Crippen LogP contribution is 2.31. The van der Waals surface area contributed by atoms with Gasteiger partial charge in [-0.25, -0.2) is 5.43 Å². The van der Waals surface area contributed by atoms with Crippen LogP contribution in [-0.4, -0.2) is 0 Å². The zero-order chi connectivity index (χ0) is 11.7. The van der Waals surface area contributed by atoms with Crippen LogP contribution in [0.1, 0.15) is 17.4 Å². The van der Waals surface area contributed by atoms with E-state index in [1.54, 1.807) is 17.6 Å². The van der Waals surface area contributed by atoms with Crippen molar-refractivity contribution >= 4 is 21.4 Å². The maximum absolute atomic E-state index is 5.65. The Hall–Kier alpha value is -1.62. The van der Waals surface area contributed by atoms with E-state index in [2.05, 4.69) is 29.0 Å². The summed E-state index contributed by atoms with van der Waals surface area (Å²) in [6.45, 7) is 0. The molecule has 3 aromatic rings. The van der Waals surface area contributed by atoms with Crippen molar-refractivity contribution in [2.45, 2.75) is 6.04 Å². The molecule has 0 spiro atoms. The van der Waals surface area contributed by atoms with Crippen LogP contribution in [0, 0.1) is 0 Å². The summed E-state index contributed by atoms with van der Waals surface area (Å²) in [5.41, 5.74) is 3.96. The summed E-state index contributed by atoms with van der Waals surface area (Å²) in [5.74, 6) is 6.48. The van der Waals surface area contributed by atoms with Crippen molar-refractivity contribution in [2.24, 2.45) is 5.84 Å². The third-order valence-electron chi connectivity index (χ3n) is 2.81. The summed E-state index contributed by atoms with van der Waals surface area (Å²) in [5, 5.41) is 3.32. The number of fused-ring (bicyclic) bond motifs is 1. The normalized spacial score (nSPS) is 13.0. The Bertz CT molecular complexity index is 615. The number of hydrogen-bond acceptors (Lipinski definition) is 4. The lowest BCUT2D eigenvalue weighted by atomic mass is 10.0.